The van der Waals surface area contributed by atoms with Crippen LogP contribution in [-0.4, -0.2) is 39.7 Å². The number of hydrogen-bond donors (Lipinski definition) is 3. The summed E-state index contributed by atoms with van der Waals surface area (Å²) >= 11 is 0. The Kier molecular flexibility index (Phi) is 5.20. The van der Waals surface area contributed by atoms with Gasteiger partial charge in [0.05, 0.1) is 4.92 Å². The van der Waals surface area contributed by atoms with Gasteiger partial charge in [0.2, 0.25) is 11.8 Å². The van der Waals surface area contributed by atoms with Gasteiger partial charge in [0.1, 0.15) is 6.20 Å². The van der Waals surface area contributed by atoms with Crippen molar-refractivity contribution in [1.29, 1.82) is 0 Å². The van der Waals surface area contributed by atoms with Gasteiger partial charge >= 0.3 is 5.69 Å². The number of nitrogens with zero attached hydrogens (tertiary/aromatic N) is 3. The summed E-state index contributed by atoms with van der Waals surface area (Å²) in [7, 11) is 1.64. The van der Waals surface area contributed by atoms with Gasteiger partial charge in [0.15, 0.2) is 0 Å². The Hall–Kier alpha value is -1.96. The van der Waals surface area contributed by atoms with E-state index >= 15 is 0 Å². The van der Waals surface area contributed by atoms with Crippen molar-refractivity contribution in [2.45, 2.75) is 33.2 Å². The van der Waals surface area contributed by atoms with Crippen LogP contribution < -0.4 is 10.6 Å². The molecular weight excluding hydrogens is 262 g/mol. The predicted molar refractivity (Wildman–Crippen MR) is 76.8 cm³/mol. The first kappa shape index (κ1) is 16.1. The standard InChI is InChI=1S/C12H21N5O3/c1-12(2,3)9(5-6-18)15-10-8(17(19)20)7-14-11(13-4)16-10/h7,9,18H,5-6H2,1-4H3,(H2,13,14,15,16). The molecule has 1 aromatic rings. The molecule has 0 radical (unpaired) electrons. The number of nitro groups is 1. The third-order valence-corrected chi connectivity index (χ3v) is 2.96. The molecule has 0 bridgehead atoms. The molecule has 1 unspecified atom stereocenters. The lowest BCUT2D eigenvalue weighted by Gasteiger charge is -2.31. The zero-order chi connectivity index (χ0) is 15.3. The zero-order valence-corrected chi connectivity index (χ0v) is 12.2. The molecular formula is C12H21N5O3. The van der Waals surface area contributed by atoms with Crippen molar-refractivity contribution >= 4 is 17.5 Å². The molecule has 0 spiro atoms. The summed E-state index contributed by atoms with van der Waals surface area (Å²) in [6.07, 6.45) is 1.64. The van der Waals surface area contributed by atoms with Crippen LogP contribution in [0.25, 0.3) is 0 Å². The number of anilines is 2. The third kappa shape index (κ3) is 4.02. The molecule has 0 aromatic carbocycles. The van der Waals surface area contributed by atoms with Crippen molar-refractivity contribution in [2.75, 3.05) is 24.3 Å². The first-order valence-corrected chi connectivity index (χ1v) is 6.36. The normalized spacial score (nSPS) is 12.8. The van der Waals surface area contributed by atoms with Gasteiger partial charge in [-0.2, -0.15) is 4.98 Å². The zero-order valence-electron chi connectivity index (χ0n) is 12.2. The van der Waals surface area contributed by atoms with E-state index in [-0.39, 0.29) is 29.6 Å². The smallest absolute Gasteiger partial charge is 0.329 e. The molecule has 1 heterocycles. The first-order valence-electron chi connectivity index (χ1n) is 6.36. The van der Waals surface area contributed by atoms with Crippen LogP contribution in [0.4, 0.5) is 17.5 Å². The summed E-state index contributed by atoms with van der Waals surface area (Å²) in [5.41, 5.74) is -0.363. The Labute approximate surface area is 117 Å². The maximum absolute atomic E-state index is 11.0. The van der Waals surface area contributed by atoms with Crippen LogP contribution in [0.5, 0.6) is 0 Å². The molecule has 8 nitrogen and oxygen atoms in total. The molecule has 0 saturated heterocycles. The van der Waals surface area contributed by atoms with E-state index in [0.717, 1.165) is 0 Å². The summed E-state index contributed by atoms with van der Waals surface area (Å²) in [6, 6.07) is -0.147. The van der Waals surface area contributed by atoms with Gasteiger partial charge in [0.25, 0.3) is 0 Å². The predicted octanol–water partition coefficient (Wildman–Crippen LogP) is 1.64. The quantitative estimate of drug-likeness (QED) is 0.537. The number of aromatic nitrogens is 2. The minimum absolute atomic E-state index is 0.00724. The largest absolute Gasteiger partial charge is 0.396 e. The van der Waals surface area contributed by atoms with Crippen LogP contribution in [-0.2, 0) is 0 Å². The second-order valence-corrected chi connectivity index (χ2v) is 5.51. The van der Waals surface area contributed by atoms with Gasteiger partial charge < -0.3 is 15.7 Å². The van der Waals surface area contributed by atoms with Gasteiger partial charge in [-0.1, -0.05) is 20.8 Å². The summed E-state index contributed by atoms with van der Waals surface area (Å²) in [6.45, 7) is 5.97. The van der Waals surface area contributed by atoms with E-state index in [4.69, 9.17) is 5.11 Å². The molecule has 0 saturated carbocycles. The van der Waals surface area contributed by atoms with Gasteiger partial charge in [-0.15, -0.1) is 0 Å². The molecule has 112 valence electrons. The number of aliphatic hydroxyl groups excluding tert-OH is 1. The average molecular weight is 283 g/mol. The van der Waals surface area contributed by atoms with Crippen LogP contribution in [0.3, 0.4) is 0 Å². The Morgan fingerprint density at radius 2 is 2.15 bits per heavy atom. The highest BCUT2D eigenvalue weighted by atomic mass is 16.6. The molecule has 0 aliphatic carbocycles. The van der Waals surface area contributed by atoms with Crippen LogP contribution in [0.15, 0.2) is 6.20 Å². The van der Waals surface area contributed by atoms with Crippen molar-refractivity contribution < 1.29 is 10.0 Å². The van der Waals surface area contributed by atoms with Crippen LogP contribution in [0.1, 0.15) is 27.2 Å². The average Bonchev–Trinajstić information content (AvgIpc) is 2.36. The van der Waals surface area contributed by atoms with Crippen molar-refractivity contribution in [3.05, 3.63) is 16.3 Å². The van der Waals surface area contributed by atoms with Crippen molar-refractivity contribution in [3.8, 4) is 0 Å². The fraction of sp³-hybridized carbons (Fsp3) is 0.667. The second-order valence-electron chi connectivity index (χ2n) is 5.51. The van der Waals surface area contributed by atoms with Gasteiger partial charge in [-0.05, 0) is 11.8 Å². The highest BCUT2D eigenvalue weighted by Gasteiger charge is 2.27. The van der Waals surface area contributed by atoms with E-state index in [1.807, 2.05) is 20.8 Å². The van der Waals surface area contributed by atoms with Crippen molar-refractivity contribution in [2.24, 2.45) is 5.41 Å². The molecule has 3 N–H and O–H groups in total. The Bertz CT molecular complexity index is 473. The minimum atomic E-state index is -0.527. The lowest BCUT2D eigenvalue weighted by atomic mass is 9.85. The molecule has 1 aromatic heterocycles. The molecule has 0 amide bonds. The Morgan fingerprint density at radius 1 is 1.50 bits per heavy atom. The Morgan fingerprint density at radius 3 is 2.60 bits per heavy atom. The third-order valence-electron chi connectivity index (χ3n) is 2.96. The van der Waals surface area contributed by atoms with E-state index in [0.29, 0.717) is 12.4 Å². The van der Waals surface area contributed by atoms with Crippen molar-refractivity contribution in [1.82, 2.24) is 9.97 Å². The van der Waals surface area contributed by atoms with E-state index in [1.54, 1.807) is 7.05 Å². The Balaban J connectivity index is 3.12. The highest BCUT2D eigenvalue weighted by Crippen LogP contribution is 2.29. The molecule has 0 fully saturated rings. The van der Waals surface area contributed by atoms with Crippen molar-refractivity contribution in [3.63, 3.8) is 0 Å². The topological polar surface area (TPSA) is 113 Å². The molecule has 0 aliphatic rings. The number of nitrogens with one attached hydrogen (secondary N) is 2. The van der Waals surface area contributed by atoms with Gasteiger partial charge in [-0.3, -0.25) is 10.1 Å². The van der Waals surface area contributed by atoms with E-state index in [2.05, 4.69) is 20.6 Å². The fourth-order valence-corrected chi connectivity index (χ4v) is 1.75. The van der Waals surface area contributed by atoms with Crippen LogP contribution >= 0.6 is 0 Å². The van der Waals surface area contributed by atoms with E-state index in [1.165, 1.54) is 6.20 Å². The van der Waals surface area contributed by atoms with Crippen LogP contribution in [0.2, 0.25) is 0 Å². The highest BCUT2D eigenvalue weighted by molar-refractivity contribution is 5.57. The molecule has 0 aliphatic heterocycles. The molecule has 1 atom stereocenters. The van der Waals surface area contributed by atoms with Gasteiger partial charge in [-0.25, -0.2) is 4.98 Å². The summed E-state index contributed by atoms with van der Waals surface area (Å²) in [5.74, 6) is 0.456. The molecule has 8 heteroatoms. The fourth-order valence-electron chi connectivity index (χ4n) is 1.75. The van der Waals surface area contributed by atoms with Crippen LogP contribution in [0, 0.1) is 15.5 Å². The number of rotatable bonds is 6. The lowest BCUT2D eigenvalue weighted by Crippen LogP contribution is -2.35. The maximum Gasteiger partial charge on any atom is 0.329 e. The van der Waals surface area contributed by atoms with E-state index in [9.17, 15) is 10.1 Å². The minimum Gasteiger partial charge on any atom is -0.396 e. The molecule has 20 heavy (non-hydrogen) atoms. The lowest BCUT2D eigenvalue weighted by molar-refractivity contribution is -0.384. The van der Waals surface area contributed by atoms with Gasteiger partial charge in [0, 0.05) is 19.7 Å². The maximum atomic E-state index is 11.0. The second kappa shape index (κ2) is 6.47. The number of aliphatic hydroxyl groups is 1. The molecule has 1 rings (SSSR count). The number of hydrogen-bond acceptors (Lipinski definition) is 7. The SMILES string of the molecule is CNc1ncc([N+](=O)[O-])c(NC(CCO)C(C)(C)C)n1. The summed E-state index contributed by atoms with van der Waals surface area (Å²) in [5, 5.41) is 26.0. The van der Waals surface area contributed by atoms with E-state index < -0.39 is 4.92 Å². The monoisotopic (exact) mass is 283 g/mol. The first-order chi connectivity index (χ1) is 9.29. The summed E-state index contributed by atoms with van der Waals surface area (Å²) in [4.78, 5) is 18.4. The summed E-state index contributed by atoms with van der Waals surface area (Å²) < 4.78 is 0.